The average Bonchev–Trinajstić information content (AvgIpc) is 2.84. The Balaban J connectivity index is 2.16. The van der Waals surface area contributed by atoms with E-state index in [0.29, 0.717) is 6.04 Å². The fourth-order valence-electron chi connectivity index (χ4n) is 1.65. The van der Waals surface area contributed by atoms with Crippen LogP contribution in [0, 0.1) is 13.8 Å². The molecule has 2 rings (SSSR count). The van der Waals surface area contributed by atoms with Gasteiger partial charge in [0.25, 0.3) is 0 Å². The Morgan fingerprint density at radius 3 is 2.76 bits per heavy atom. The lowest BCUT2D eigenvalue weighted by atomic mass is 10.2. The van der Waals surface area contributed by atoms with Gasteiger partial charge in [-0.15, -0.1) is 11.3 Å². The molecule has 1 unspecified atom stereocenters. The number of nitrogens with zero attached hydrogens (tertiary/aromatic N) is 2. The maximum Gasteiger partial charge on any atom is 0.145 e. The predicted molar refractivity (Wildman–Crippen MR) is 72.5 cm³/mol. The molecule has 1 atom stereocenters. The Morgan fingerprint density at radius 2 is 2.18 bits per heavy atom. The van der Waals surface area contributed by atoms with Crippen LogP contribution in [0.2, 0.25) is 0 Å². The molecule has 4 heteroatoms. The maximum atomic E-state index is 4.50. The van der Waals surface area contributed by atoms with Gasteiger partial charge in [-0.1, -0.05) is 13.0 Å². The molecule has 0 aliphatic rings. The van der Waals surface area contributed by atoms with Crippen LogP contribution in [0.25, 0.3) is 0 Å². The summed E-state index contributed by atoms with van der Waals surface area (Å²) >= 11 is 1.77. The molecule has 17 heavy (non-hydrogen) atoms. The van der Waals surface area contributed by atoms with Crippen LogP contribution in [-0.2, 0) is 0 Å². The molecule has 0 fully saturated rings. The molecule has 0 spiro atoms. The van der Waals surface area contributed by atoms with Gasteiger partial charge in [0.2, 0.25) is 0 Å². The lowest BCUT2D eigenvalue weighted by Crippen LogP contribution is -2.10. The van der Waals surface area contributed by atoms with E-state index in [1.807, 2.05) is 13.8 Å². The van der Waals surface area contributed by atoms with Crippen molar-refractivity contribution in [3.05, 3.63) is 40.0 Å². The average molecular weight is 247 g/mol. The second-order valence-corrected chi connectivity index (χ2v) is 5.03. The summed E-state index contributed by atoms with van der Waals surface area (Å²) in [5.74, 6) is 0.855. The second-order valence-electron chi connectivity index (χ2n) is 4.05. The van der Waals surface area contributed by atoms with E-state index in [1.165, 1.54) is 4.88 Å². The Morgan fingerprint density at radius 1 is 1.35 bits per heavy atom. The Kier molecular flexibility index (Phi) is 3.74. The van der Waals surface area contributed by atoms with E-state index in [0.717, 1.165) is 23.6 Å². The third-order valence-corrected chi connectivity index (χ3v) is 3.80. The summed E-state index contributed by atoms with van der Waals surface area (Å²) in [4.78, 5) is 10.2. The topological polar surface area (TPSA) is 37.8 Å². The number of rotatable bonds is 4. The normalized spacial score (nSPS) is 12.4. The zero-order valence-electron chi connectivity index (χ0n) is 10.4. The van der Waals surface area contributed by atoms with E-state index < -0.39 is 0 Å². The third kappa shape index (κ3) is 2.82. The maximum absolute atomic E-state index is 4.50. The summed E-state index contributed by atoms with van der Waals surface area (Å²) in [6, 6.07) is 4.56. The molecule has 0 saturated carbocycles. The van der Waals surface area contributed by atoms with Gasteiger partial charge in [0.05, 0.1) is 23.6 Å². The number of hydrogen-bond acceptors (Lipinski definition) is 4. The van der Waals surface area contributed by atoms with Crippen molar-refractivity contribution in [2.45, 2.75) is 33.2 Å². The molecule has 2 heterocycles. The van der Waals surface area contributed by atoms with E-state index >= 15 is 0 Å². The SMILES string of the molecule is CCC(Nc1cnc(C)c(C)n1)c1cccs1. The van der Waals surface area contributed by atoms with Crippen LogP contribution in [0.1, 0.15) is 35.7 Å². The van der Waals surface area contributed by atoms with Crippen molar-refractivity contribution in [2.75, 3.05) is 5.32 Å². The monoisotopic (exact) mass is 247 g/mol. The van der Waals surface area contributed by atoms with Gasteiger partial charge in [-0.05, 0) is 31.7 Å². The van der Waals surface area contributed by atoms with E-state index in [9.17, 15) is 0 Å². The molecule has 0 aliphatic heterocycles. The van der Waals surface area contributed by atoms with Crippen molar-refractivity contribution in [3.63, 3.8) is 0 Å². The van der Waals surface area contributed by atoms with E-state index in [-0.39, 0.29) is 0 Å². The lowest BCUT2D eigenvalue weighted by molar-refractivity contribution is 0.756. The van der Waals surface area contributed by atoms with Crippen molar-refractivity contribution in [1.82, 2.24) is 9.97 Å². The molecule has 3 nitrogen and oxygen atoms in total. The summed E-state index contributed by atoms with van der Waals surface area (Å²) in [6.07, 6.45) is 2.84. The molecule has 0 aromatic carbocycles. The first-order chi connectivity index (χ1) is 8.20. The van der Waals surface area contributed by atoms with Gasteiger partial charge >= 0.3 is 0 Å². The van der Waals surface area contributed by atoms with Gasteiger partial charge in [-0.3, -0.25) is 4.98 Å². The first-order valence-corrected chi connectivity index (χ1v) is 6.69. The van der Waals surface area contributed by atoms with Crippen LogP contribution in [0.3, 0.4) is 0 Å². The van der Waals surface area contributed by atoms with Gasteiger partial charge in [0, 0.05) is 4.88 Å². The molecule has 0 saturated heterocycles. The number of hydrogen-bond donors (Lipinski definition) is 1. The number of thiophene rings is 1. The molecule has 0 radical (unpaired) electrons. The largest absolute Gasteiger partial charge is 0.361 e. The molecule has 0 bridgehead atoms. The number of aromatic nitrogens is 2. The molecule has 2 aromatic heterocycles. The van der Waals surface area contributed by atoms with Gasteiger partial charge in [0.1, 0.15) is 5.82 Å². The number of nitrogens with one attached hydrogen (secondary N) is 1. The third-order valence-electron chi connectivity index (χ3n) is 2.81. The second kappa shape index (κ2) is 5.27. The number of aryl methyl sites for hydroxylation is 2. The van der Waals surface area contributed by atoms with Crippen molar-refractivity contribution in [2.24, 2.45) is 0 Å². The first kappa shape index (κ1) is 12.0. The lowest BCUT2D eigenvalue weighted by Gasteiger charge is -2.16. The molecule has 90 valence electrons. The molecular formula is C13H17N3S. The highest BCUT2D eigenvalue weighted by Crippen LogP contribution is 2.25. The summed E-state index contributed by atoms with van der Waals surface area (Å²) in [7, 11) is 0. The van der Waals surface area contributed by atoms with Crippen molar-refractivity contribution in [1.29, 1.82) is 0 Å². The molecule has 0 amide bonds. The summed E-state index contributed by atoms with van der Waals surface area (Å²) < 4.78 is 0. The Bertz CT molecular complexity index is 479. The summed E-state index contributed by atoms with van der Waals surface area (Å²) in [5, 5.41) is 5.54. The van der Waals surface area contributed by atoms with Crippen molar-refractivity contribution < 1.29 is 0 Å². The molecule has 2 aromatic rings. The highest BCUT2D eigenvalue weighted by Gasteiger charge is 2.11. The molecule has 0 aliphatic carbocycles. The highest BCUT2D eigenvalue weighted by atomic mass is 32.1. The Hall–Kier alpha value is -1.42. The standard InChI is InChI=1S/C13H17N3S/c1-4-11(12-6-5-7-17-12)16-13-8-14-9(2)10(3)15-13/h5-8,11H,4H2,1-3H3,(H,15,16). The fourth-order valence-corrected chi connectivity index (χ4v) is 2.52. The summed E-state index contributed by atoms with van der Waals surface area (Å²) in [5.41, 5.74) is 1.97. The predicted octanol–water partition coefficient (Wildman–Crippen LogP) is 3.72. The molecule has 1 N–H and O–H groups in total. The highest BCUT2D eigenvalue weighted by molar-refractivity contribution is 7.10. The van der Waals surface area contributed by atoms with Crippen LogP contribution < -0.4 is 5.32 Å². The molecular weight excluding hydrogens is 230 g/mol. The van der Waals surface area contributed by atoms with E-state index in [4.69, 9.17) is 0 Å². The fraction of sp³-hybridized carbons (Fsp3) is 0.385. The number of anilines is 1. The van der Waals surface area contributed by atoms with Gasteiger partial charge < -0.3 is 5.32 Å². The van der Waals surface area contributed by atoms with Gasteiger partial charge in [-0.2, -0.15) is 0 Å². The van der Waals surface area contributed by atoms with E-state index in [1.54, 1.807) is 17.5 Å². The smallest absolute Gasteiger partial charge is 0.145 e. The minimum Gasteiger partial charge on any atom is -0.361 e. The summed E-state index contributed by atoms with van der Waals surface area (Å²) in [6.45, 7) is 6.13. The van der Waals surface area contributed by atoms with Crippen molar-refractivity contribution >= 4 is 17.2 Å². The van der Waals surface area contributed by atoms with Crippen LogP contribution in [0.5, 0.6) is 0 Å². The quantitative estimate of drug-likeness (QED) is 0.894. The zero-order chi connectivity index (χ0) is 12.3. The Labute approximate surface area is 106 Å². The minimum absolute atomic E-state index is 0.325. The minimum atomic E-state index is 0.325. The van der Waals surface area contributed by atoms with Crippen LogP contribution in [0.4, 0.5) is 5.82 Å². The van der Waals surface area contributed by atoms with E-state index in [2.05, 4.69) is 39.7 Å². The van der Waals surface area contributed by atoms with Crippen LogP contribution >= 0.6 is 11.3 Å². The first-order valence-electron chi connectivity index (χ1n) is 5.81. The van der Waals surface area contributed by atoms with Gasteiger partial charge in [-0.25, -0.2) is 4.98 Å². The van der Waals surface area contributed by atoms with Crippen LogP contribution in [-0.4, -0.2) is 9.97 Å². The van der Waals surface area contributed by atoms with Gasteiger partial charge in [0.15, 0.2) is 0 Å². The zero-order valence-corrected chi connectivity index (χ0v) is 11.2. The van der Waals surface area contributed by atoms with Crippen LogP contribution in [0.15, 0.2) is 23.7 Å². The van der Waals surface area contributed by atoms with Crippen molar-refractivity contribution in [3.8, 4) is 0 Å².